The summed E-state index contributed by atoms with van der Waals surface area (Å²) in [7, 11) is 1.65. The summed E-state index contributed by atoms with van der Waals surface area (Å²) in [5, 5.41) is 4.34. The number of ether oxygens (including phenoxy) is 1. The fourth-order valence-electron chi connectivity index (χ4n) is 4.82. The number of anilines is 2. The number of H-pyrrole nitrogens is 1. The van der Waals surface area contributed by atoms with E-state index in [0.717, 1.165) is 68.2 Å². The van der Waals surface area contributed by atoms with Gasteiger partial charge >= 0.3 is 0 Å². The molecule has 0 aliphatic carbocycles. The smallest absolute Gasteiger partial charge is 0.249 e. The first-order valence-electron chi connectivity index (χ1n) is 12.0. The number of aromatic nitrogens is 3. The van der Waals surface area contributed by atoms with E-state index in [-0.39, 0.29) is 5.43 Å². The highest BCUT2D eigenvalue weighted by Gasteiger charge is 2.21. The van der Waals surface area contributed by atoms with Gasteiger partial charge in [0.15, 0.2) is 11.6 Å². The summed E-state index contributed by atoms with van der Waals surface area (Å²) in [6.45, 7) is 7.08. The molecule has 3 heterocycles. The third-order valence-electron chi connectivity index (χ3n) is 6.92. The average Bonchev–Trinajstić information content (AvgIpc) is 3.31. The van der Waals surface area contributed by atoms with Crippen molar-refractivity contribution in [2.24, 2.45) is 0 Å². The van der Waals surface area contributed by atoms with Crippen molar-refractivity contribution in [2.45, 2.75) is 26.3 Å². The molecule has 4 aromatic rings. The maximum absolute atomic E-state index is 11.7. The van der Waals surface area contributed by atoms with Crippen LogP contribution in [0.25, 0.3) is 10.9 Å². The van der Waals surface area contributed by atoms with Gasteiger partial charge in [0.25, 0.3) is 0 Å². The van der Waals surface area contributed by atoms with Gasteiger partial charge in [0.05, 0.1) is 19.0 Å². The predicted octanol–water partition coefficient (Wildman–Crippen LogP) is 2.24. The maximum Gasteiger partial charge on any atom is 0.249 e. The van der Waals surface area contributed by atoms with Crippen LogP contribution in [-0.2, 0) is 13.0 Å². The van der Waals surface area contributed by atoms with Crippen molar-refractivity contribution in [1.29, 1.82) is 0 Å². The highest BCUT2D eigenvalue weighted by molar-refractivity contribution is 5.84. The van der Waals surface area contributed by atoms with Crippen LogP contribution in [-0.4, -0.2) is 59.7 Å². The number of hydrogen-bond acceptors (Lipinski definition) is 8. The third-order valence-corrected chi connectivity index (χ3v) is 6.92. The Bertz CT molecular complexity index is 1400. The van der Waals surface area contributed by atoms with Crippen molar-refractivity contribution in [3.8, 4) is 5.75 Å². The standard InChI is InChI=1S/C26H30N6O3/c1-17-23(25(34)24(17)33)29-13-18-5-6-21-20(12-18)19(14-28-21)4-3-7-31-8-10-32(11-9-31)26-22(35-2)15-27-16-30-26/h5-6,12,14-16,28-29H,3-4,7-11,13H2,1-2H3. The minimum absolute atomic E-state index is 0.383. The van der Waals surface area contributed by atoms with Crippen molar-refractivity contribution < 1.29 is 4.74 Å². The van der Waals surface area contributed by atoms with Gasteiger partial charge < -0.3 is 19.9 Å². The Morgan fingerprint density at radius 1 is 1.14 bits per heavy atom. The molecule has 0 amide bonds. The van der Waals surface area contributed by atoms with Crippen LogP contribution in [0, 0.1) is 6.92 Å². The van der Waals surface area contributed by atoms with Crippen molar-refractivity contribution in [2.75, 3.05) is 50.1 Å². The number of nitrogens with zero attached hydrogens (tertiary/aromatic N) is 4. The molecule has 1 fully saturated rings. The van der Waals surface area contributed by atoms with Crippen LogP contribution in [0.15, 0.2) is 46.5 Å². The largest absolute Gasteiger partial charge is 0.491 e. The summed E-state index contributed by atoms with van der Waals surface area (Å²) in [5.74, 6) is 1.58. The maximum atomic E-state index is 11.7. The molecule has 0 bridgehead atoms. The molecule has 0 atom stereocenters. The molecule has 0 unspecified atom stereocenters. The number of piperazine rings is 1. The number of aromatic amines is 1. The van der Waals surface area contributed by atoms with Crippen LogP contribution >= 0.6 is 0 Å². The zero-order valence-electron chi connectivity index (χ0n) is 20.1. The quantitative estimate of drug-likeness (QED) is 0.356. The number of methoxy groups -OCH3 is 1. The van der Waals surface area contributed by atoms with E-state index in [1.165, 1.54) is 10.9 Å². The van der Waals surface area contributed by atoms with E-state index in [1.807, 2.05) is 6.07 Å². The Balaban J connectivity index is 1.14. The van der Waals surface area contributed by atoms with Gasteiger partial charge in [-0.25, -0.2) is 9.97 Å². The van der Waals surface area contributed by atoms with Crippen molar-refractivity contribution in [3.63, 3.8) is 0 Å². The first kappa shape index (κ1) is 23.0. The second-order valence-electron chi connectivity index (χ2n) is 9.05. The molecule has 35 heavy (non-hydrogen) atoms. The zero-order chi connectivity index (χ0) is 24.4. The summed E-state index contributed by atoms with van der Waals surface area (Å²) >= 11 is 0. The van der Waals surface area contributed by atoms with Crippen molar-refractivity contribution >= 4 is 22.4 Å². The predicted molar refractivity (Wildman–Crippen MR) is 137 cm³/mol. The lowest BCUT2D eigenvalue weighted by atomic mass is 10.0. The van der Waals surface area contributed by atoms with Gasteiger partial charge in [0.1, 0.15) is 6.33 Å². The Labute approximate surface area is 203 Å². The van der Waals surface area contributed by atoms with Gasteiger partial charge in [-0.3, -0.25) is 14.5 Å². The Kier molecular flexibility index (Phi) is 6.50. The summed E-state index contributed by atoms with van der Waals surface area (Å²) in [6, 6.07) is 6.29. The normalized spacial score (nSPS) is 14.6. The van der Waals surface area contributed by atoms with E-state index in [1.54, 1.807) is 26.6 Å². The van der Waals surface area contributed by atoms with Crippen molar-refractivity contribution in [3.05, 3.63) is 74.1 Å². The molecule has 2 N–H and O–H groups in total. The lowest BCUT2D eigenvalue weighted by Crippen LogP contribution is -2.47. The molecule has 2 aromatic heterocycles. The molecule has 5 rings (SSSR count). The Morgan fingerprint density at radius 2 is 1.97 bits per heavy atom. The number of fused-ring (bicyclic) bond motifs is 1. The molecule has 1 saturated heterocycles. The van der Waals surface area contributed by atoms with Crippen LogP contribution < -0.4 is 25.8 Å². The highest BCUT2D eigenvalue weighted by atomic mass is 16.5. The van der Waals surface area contributed by atoms with E-state index < -0.39 is 5.43 Å². The monoisotopic (exact) mass is 474 g/mol. The highest BCUT2D eigenvalue weighted by Crippen LogP contribution is 2.25. The van der Waals surface area contributed by atoms with Gasteiger partial charge in [-0.1, -0.05) is 6.07 Å². The molecule has 182 valence electrons. The summed E-state index contributed by atoms with van der Waals surface area (Å²) in [4.78, 5) is 39.7. The number of nitrogens with one attached hydrogen (secondary N) is 2. The third kappa shape index (κ3) is 4.64. The fourth-order valence-corrected chi connectivity index (χ4v) is 4.82. The summed E-state index contributed by atoms with van der Waals surface area (Å²) < 4.78 is 5.41. The fraction of sp³-hybridized carbons (Fsp3) is 0.385. The summed E-state index contributed by atoms with van der Waals surface area (Å²) in [6.07, 6.45) is 7.45. The van der Waals surface area contributed by atoms with Gasteiger partial charge in [-0.05, 0) is 49.6 Å². The van der Waals surface area contributed by atoms with Crippen molar-refractivity contribution in [1.82, 2.24) is 19.9 Å². The number of rotatable bonds is 9. The Hall–Kier alpha value is -3.72. The topological polar surface area (TPSA) is 103 Å². The van der Waals surface area contributed by atoms with E-state index >= 15 is 0 Å². The van der Waals surface area contributed by atoms with E-state index in [4.69, 9.17) is 4.74 Å². The number of aryl methyl sites for hydroxylation is 1. The lowest BCUT2D eigenvalue weighted by molar-refractivity contribution is 0.253. The van der Waals surface area contributed by atoms with Gasteiger partial charge in [-0.15, -0.1) is 0 Å². The minimum atomic E-state index is -0.414. The number of hydrogen-bond donors (Lipinski definition) is 2. The molecular formula is C26H30N6O3. The SMILES string of the molecule is COc1cncnc1N1CCN(CCCc2c[nH]c3ccc(CNc4c(C)c(=O)c4=O)cc23)CC1. The molecular weight excluding hydrogens is 444 g/mol. The molecule has 1 aliphatic heterocycles. The second-order valence-corrected chi connectivity index (χ2v) is 9.05. The minimum Gasteiger partial charge on any atom is -0.491 e. The van der Waals surface area contributed by atoms with Crippen LogP contribution in [0.2, 0.25) is 0 Å². The first-order chi connectivity index (χ1) is 17.0. The summed E-state index contributed by atoms with van der Waals surface area (Å²) in [5.41, 5.74) is 3.67. The zero-order valence-corrected chi connectivity index (χ0v) is 20.1. The van der Waals surface area contributed by atoms with Crippen LogP contribution in [0.3, 0.4) is 0 Å². The van der Waals surface area contributed by atoms with Gasteiger partial charge in [-0.2, -0.15) is 0 Å². The van der Waals surface area contributed by atoms with E-state index in [9.17, 15) is 9.59 Å². The molecule has 2 aromatic carbocycles. The van der Waals surface area contributed by atoms with Crippen LogP contribution in [0.4, 0.5) is 11.5 Å². The molecule has 0 radical (unpaired) electrons. The molecule has 0 saturated carbocycles. The molecule has 1 aliphatic rings. The second kappa shape index (κ2) is 9.87. The van der Waals surface area contributed by atoms with Gasteiger partial charge in [0, 0.05) is 55.4 Å². The molecule has 9 nitrogen and oxygen atoms in total. The van der Waals surface area contributed by atoms with Crippen LogP contribution in [0.1, 0.15) is 23.1 Å². The average molecular weight is 475 g/mol. The molecule has 9 heteroatoms. The molecule has 0 spiro atoms. The number of benzene rings is 1. The van der Waals surface area contributed by atoms with Gasteiger partial charge in [0.2, 0.25) is 10.9 Å². The first-order valence-corrected chi connectivity index (χ1v) is 12.0. The van der Waals surface area contributed by atoms with E-state index in [0.29, 0.717) is 17.8 Å². The van der Waals surface area contributed by atoms with Crippen LogP contribution in [0.5, 0.6) is 5.75 Å². The van der Waals surface area contributed by atoms with E-state index in [2.05, 4.69) is 48.4 Å². The Morgan fingerprint density at radius 3 is 2.74 bits per heavy atom. The lowest BCUT2D eigenvalue weighted by Gasteiger charge is -2.35.